The van der Waals surface area contributed by atoms with Crippen molar-refractivity contribution >= 4 is 12.0 Å². The largest absolute Gasteiger partial charge is 0.508 e. The average molecular weight is 855 g/mol. The predicted octanol–water partition coefficient (Wildman–Crippen LogP) is -1.13. The summed E-state index contributed by atoms with van der Waals surface area (Å²) in [5, 5.41) is 115. The number of aryl methyl sites for hydroxylation is 1. The monoisotopic (exact) mass is 854 g/mol. The minimum absolute atomic E-state index is 0.00510. The summed E-state index contributed by atoms with van der Waals surface area (Å²) in [7, 11) is 1.25. The molecule has 5 rings (SSSR count). The van der Waals surface area contributed by atoms with E-state index in [-0.39, 0.29) is 43.1 Å². The number of esters is 1. The van der Waals surface area contributed by atoms with Crippen molar-refractivity contribution in [3.05, 3.63) is 59.2 Å². The number of phenols is 3. The van der Waals surface area contributed by atoms with Crippen molar-refractivity contribution in [2.75, 3.05) is 26.9 Å². The van der Waals surface area contributed by atoms with E-state index in [9.17, 15) is 61.0 Å². The SMILES string of the molecule is CO[C@@H]1C(O)[C@](C)(CC[C@@H]2OC(C)[C@H](O)C(O)[C@@H]2O)[C@H](OCCc2ccc(O)c(O)c2)OC(CO[C@@H]2OC(CO)[C@@H](O)C(O)[C@@H]2O)[C@H]1OC(=O)/C=C/c1ccc(C)c(O)c1. The Labute approximate surface area is 346 Å². The number of benzene rings is 2. The van der Waals surface area contributed by atoms with Crippen molar-refractivity contribution in [1.29, 1.82) is 0 Å². The van der Waals surface area contributed by atoms with Gasteiger partial charge in [0, 0.05) is 18.6 Å². The third kappa shape index (κ3) is 10.7. The summed E-state index contributed by atoms with van der Waals surface area (Å²) < 4.78 is 41.9. The lowest BCUT2D eigenvalue weighted by Gasteiger charge is -2.44. The fraction of sp³-hybridized carbons (Fsp3) is 0.634. The van der Waals surface area contributed by atoms with Gasteiger partial charge in [-0.3, -0.25) is 0 Å². The number of aromatic hydroxyl groups is 3. The number of phenolic OH excluding ortho intramolecular Hbond substituents is 3. The third-order valence-corrected chi connectivity index (χ3v) is 11.6. The van der Waals surface area contributed by atoms with Gasteiger partial charge < -0.3 is 89.3 Å². The minimum atomic E-state index is -1.82. The lowest BCUT2D eigenvalue weighted by molar-refractivity contribution is -0.314. The molecular weight excluding hydrogens is 796 g/mol. The Morgan fingerprint density at radius 2 is 1.48 bits per heavy atom. The zero-order valence-corrected chi connectivity index (χ0v) is 33.7. The highest BCUT2D eigenvalue weighted by molar-refractivity contribution is 5.87. The number of methoxy groups -OCH3 is 1. The van der Waals surface area contributed by atoms with E-state index in [2.05, 4.69) is 0 Å². The molecular formula is C41H58O19. The van der Waals surface area contributed by atoms with E-state index < -0.39 is 117 Å². The van der Waals surface area contributed by atoms with E-state index in [1.165, 1.54) is 38.3 Å². The molecule has 3 heterocycles. The lowest BCUT2D eigenvalue weighted by atomic mass is 9.74. The van der Waals surface area contributed by atoms with Gasteiger partial charge in [0.1, 0.15) is 60.7 Å². The molecule has 0 radical (unpaired) electrons. The van der Waals surface area contributed by atoms with Crippen LogP contribution in [0.25, 0.3) is 6.08 Å². The highest BCUT2D eigenvalue weighted by atomic mass is 16.7. The molecule has 3 aliphatic heterocycles. The van der Waals surface area contributed by atoms with Crippen LogP contribution >= 0.6 is 0 Å². The second-order valence-electron chi connectivity index (χ2n) is 15.8. The Kier molecular flexibility index (Phi) is 16.3. The zero-order valence-electron chi connectivity index (χ0n) is 33.7. The zero-order chi connectivity index (χ0) is 44.1. The normalized spacial score (nSPS) is 37.5. The van der Waals surface area contributed by atoms with Crippen LogP contribution < -0.4 is 0 Å². The van der Waals surface area contributed by atoms with Gasteiger partial charge in [-0.05, 0) is 74.1 Å². The van der Waals surface area contributed by atoms with Crippen molar-refractivity contribution in [3.8, 4) is 17.2 Å². The number of carbonyl (C=O) groups is 1. The van der Waals surface area contributed by atoms with E-state index in [0.29, 0.717) is 16.7 Å². The van der Waals surface area contributed by atoms with Gasteiger partial charge in [-0.2, -0.15) is 0 Å². The van der Waals surface area contributed by atoms with Gasteiger partial charge in [-0.15, -0.1) is 0 Å². The van der Waals surface area contributed by atoms with Crippen molar-refractivity contribution in [1.82, 2.24) is 0 Å². The number of hydrogen-bond acceptors (Lipinski definition) is 19. The number of ether oxygens (including phenoxy) is 7. The van der Waals surface area contributed by atoms with E-state index in [4.69, 9.17) is 33.2 Å². The van der Waals surface area contributed by atoms with Gasteiger partial charge in [0.2, 0.25) is 0 Å². The first-order chi connectivity index (χ1) is 28.4. The fourth-order valence-corrected chi connectivity index (χ4v) is 7.63. The molecule has 6 unspecified atom stereocenters. The molecule has 16 atom stereocenters. The van der Waals surface area contributed by atoms with Gasteiger partial charge in [0.05, 0.1) is 38.1 Å². The van der Waals surface area contributed by atoms with E-state index >= 15 is 0 Å². The van der Waals surface area contributed by atoms with Crippen LogP contribution in [0.1, 0.15) is 43.4 Å². The standard InChI is InChI=1S/C41H58O19/c1-19-5-6-21(15-24(19)44)8-10-29(46)60-36-28(18-56-39-35(52)34(51)32(49)27(17-42)58-39)59-40(55-14-12-22-7-9-23(43)25(45)16-22)41(3,38(53)37(36)54-4)13-11-26-31(48)33(50)30(47)20(2)57-26/h5-10,15-16,20,26-28,30-40,42-45,47-53H,11-14,17-18H2,1-4H3/b10-8+/t20?,26-,27?,28?,30-,31+,32+,33?,34?,35-,36+,37-,38?,39+,40+,41-/m0/s1. The molecule has 2 aromatic rings. The Hall–Kier alpha value is -3.51. The fourth-order valence-electron chi connectivity index (χ4n) is 7.63. The van der Waals surface area contributed by atoms with Crippen LogP contribution in [0.2, 0.25) is 0 Å². The van der Waals surface area contributed by atoms with Gasteiger partial charge in [0.15, 0.2) is 30.2 Å². The lowest BCUT2D eigenvalue weighted by Crippen LogP contribution is -2.59. The number of hydrogen-bond donors (Lipinski definition) is 11. The molecule has 60 heavy (non-hydrogen) atoms. The highest BCUT2D eigenvalue weighted by Crippen LogP contribution is 2.44. The van der Waals surface area contributed by atoms with E-state index in [1.54, 1.807) is 32.0 Å². The van der Waals surface area contributed by atoms with Crippen molar-refractivity contribution in [2.24, 2.45) is 5.41 Å². The molecule has 0 bridgehead atoms. The number of rotatable bonds is 15. The predicted molar refractivity (Wildman–Crippen MR) is 206 cm³/mol. The maximum Gasteiger partial charge on any atom is 0.331 e. The summed E-state index contributed by atoms with van der Waals surface area (Å²) in [5.74, 6) is -1.64. The minimum Gasteiger partial charge on any atom is -0.508 e. The molecule has 0 saturated carbocycles. The van der Waals surface area contributed by atoms with Crippen molar-refractivity contribution in [2.45, 2.75) is 132 Å². The molecule has 0 amide bonds. The number of carbonyl (C=O) groups excluding carboxylic acids is 1. The molecule has 19 nitrogen and oxygen atoms in total. The van der Waals surface area contributed by atoms with Crippen LogP contribution in [0.15, 0.2) is 42.5 Å². The van der Waals surface area contributed by atoms with Crippen LogP contribution in [0.4, 0.5) is 0 Å². The maximum absolute atomic E-state index is 13.5. The summed E-state index contributed by atoms with van der Waals surface area (Å²) in [6.45, 7) is 3.37. The van der Waals surface area contributed by atoms with Crippen LogP contribution in [0.3, 0.4) is 0 Å². The molecule has 0 aromatic heterocycles. The van der Waals surface area contributed by atoms with Gasteiger partial charge in [-0.1, -0.05) is 25.1 Å². The molecule has 19 heteroatoms. The van der Waals surface area contributed by atoms with Crippen molar-refractivity contribution < 1.29 is 94.1 Å². The van der Waals surface area contributed by atoms with Gasteiger partial charge in [0.25, 0.3) is 0 Å². The summed E-state index contributed by atoms with van der Waals surface area (Å²) in [6.07, 6.45) is -19.4. The second kappa shape index (κ2) is 20.6. The maximum atomic E-state index is 13.5. The number of aliphatic hydroxyl groups excluding tert-OH is 8. The summed E-state index contributed by atoms with van der Waals surface area (Å²) in [6, 6.07) is 8.94. The summed E-state index contributed by atoms with van der Waals surface area (Å²) in [5.41, 5.74) is 0.0979. The Morgan fingerprint density at radius 3 is 2.15 bits per heavy atom. The Bertz CT molecular complexity index is 1740. The van der Waals surface area contributed by atoms with Crippen LogP contribution in [0, 0.1) is 12.3 Å². The summed E-state index contributed by atoms with van der Waals surface area (Å²) >= 11 is 0. The molecule has 3 aliphatic rings. The molecule has 3 fully saturated rings. The average Bonchev–Trinajstić information content (AvgIpc) is 3.30. The quantitative estimate of drug-likeness (QED) is 0.0574. The van der Waals surface area contributed by atoms with Crippen molar-refractivity contribution in [3.63, 3.8) is 0 Å². The van der Waals surface area contributed by atoms with Crippen LogP contribution in [-0.4, -0.2) is 181 Å². The first-order valence-corrected chi connectivity index (χ1v) is 19.7. The first kappa shape index (κ1) is 47.5. The highest BCUT2D eigenvalue weighted by Gasteiger charge is 2.56. The first-order valence-electron chi connectivity index (χ1n) is 19.7. The molecule has 2 aromatic carbocycles. The second-order valence-corrected chi connectivity index (χ2v) is 15.8. The molecule has 0 spiro atoms. The van der Waals surface area contributed by atoms with Crippen LogP contribution in [0.5, 0.6) is 17.2 Å². The molecule has 3 saturated heterocycles. The van der Waals surface area contributed by atoms with E-state index in [1.807, 2.05) is 0 Å². The van der Waals surface area contributed by atoms with Gasteiger partial charge >= 0.3 is 5.97 Å². The topological polar surface area (TPSA) is 304 Å². The summed E-state index contributed by atoms with van der Waals surface area (Å²) in [4.78, 5) is 13.5. The Morgan fingerprint density at radius 1 is 0.783 bits per heavy atom. The third-order valence-electron chi connectivity index (χ3n) is 11.6. The molecule has 11 N–H and O–H groups in total. The van der Waals surface area contributed by atoms with Crippen LogP contribution in [-0.2, 0) is 44.4 Å². The Balaban J connectivity index is 1.50. The smallest absolute Gasteiger partial charge is 0.331 e. The number of aliphatic hydroxyl groups is 8. The van der Waals surface area contributed by atoms with Gasteiger partial charge in [-0.25, -0.2) is 4.79 Å². The molecule has 0 aliphatic carbocycles. The molecule has 336 valence electrons. The van der Waals surface area contributed by atoms with E-state index in [0.717, 1.165) is 6.08 Å².